The maximum atomic E-state index is 12.0. The van der Waals surface area contributed by atoms with Crippen LogP contribution in [-0.4, -0.2) is 70.9 Å². The Morgan fingerprint density at radius 2 is 2.10 bits per heavy atom. The molecule has 0 bridgehead atoms. The third-order valence-corrected chi connectivity index (χ3v) is 4.10. The number of thiazole rings is 1. The quantitative estimate of drug-likeness (QED) is 0.695. The lowest BCUT2D eigenvalue weighted by Gasteiger charge is -2.35. The molecule has 0 unspecified atom stereocenters. The summed E-state index contributed by atoms with van der Waals surface area (Å²) in [6.45, 7) is 2.07. The Bertz CT molecular complexity index is 474. The molecule has 0 aliphatic carbocycles. The van der Waals surface area contributed by atoms with Gasteiger partial charge in [0.15, 0.2) is 5.13 Å². The first kappa shape index (κ1) is 15.5. The lowest BCUT2D eigenvalue weighted by molar-refractivity contribution is -0.139. The number of anilines is 1. The largest absolute Gasteiger partial charge is 0.480 e. The number of aliphatic hydroxyl groups excluding tert-OH is 1. The number of nitrogens with one attached hydrogen (secondary N) is 1. The summed E-state index contributed by atoms with van der Waals surface area (Å²) in [5.74, 6) is -1.14. The van der Waals surface area contributed by atoms with Crippen LogP contribution in [0.15, 0.2) is 11.6 Å². The van der Waals surface area contributed by atoms with Crippen molar-refractivity contribution < 1.29 is 19.8 Å². The summed E-state index contributed by atoms with van der Waals surface area (Å²) in [5.41, 5.74) is 0. The van der Waals surface area contributed by atoms with Gasteiger partial charge in [-0.2, -0.15) is 0 Å². The van der Waals surface area contributed by atoms with Gasteiger partial charge in [0.25, 0.3) is 0 Å². The normalized spacial score (nSPS) is 16.6. The summed E-state index contributed by atoms with van der Waals surface area (Å²) < 4.78 is 0. The van der Waals surface area contributed by atoms with Crippen molar-refractivity contribution in [3.05, 3.63) is 11.6 Å². The van der Waals surface area contributed by atoms with Crippen molar-refractivity contribution in [1.29, 1.82) is 0 Å². The zero-order chi connectivity index (χ0) is 15.2. The van der Waals surface area contributed by atoms with E-state index < -0.39 is 18.0 Å². The first-order valence-corrected chi connectivity index (χ1v) is 7.53. The lowest BCUT2D eigenvalue weighted by atomic mass is 10.2. The second kappa shape index (κ2) is 7.23. The Kier molecular flexibility index (Phi) is 5.34. The Balaban J connectivity index is 1.83. The van der Waals surface area contributed by atoms with E-state index in [0.717, 1.165) is 5.13 Å². The van der Waals surface area contributed by atoms with Crippen LogP contribution in [0.25, 0.3) is 0 Å². The number of carbonyl (C=O) groups is 2. The number of carboxylic acid groups (broad SMARTS) is 1. The van der Waals surface area contributed by atoms with Gasteiger partial charge >= 0.3 is 12.0 Å². The van der Waals surface area contributed by atoms with Crippen LogP contribution < -0.4 is 10.2 Å². The molecule has 9 heteroatoms. The van der Waals surface area contributed by atoms with E-state index in [1.54, 1.807) is 22.4 Å². The number of carboxylic acids is 1. The minimum Gasteiger partial charge on any atom is -0.480 e. The smallest absolute Gasteiger partial charge is 0.326 e. The van der Waals surface area contributed by atoms with E-state index in [-0.39, 0.29) is 13.0 Å². The van der Waals surface area contributed by atoms with Crippen LogP contribution in [0.2, 0.25) is 0 Å². The summed E-state index contributed by atoms with van der Waals surface area (Å²) in [7, 11) is 0. The summed E-state index contributed by atoms with van der Waals surface area (Å²) in [5, 5.41) is 23.0. The fraction of sp³-hybridized carbons (Fsp3) is 0.583. The Morgan fingerprint density at radius 1 is 1.38 bits per heavy atom. The molecule has 1 aromatic rings. The average molecular weight is 314 g/mol. The third kappa shape index (κ3) is 4.05. The van der Waals surface area contributed by atoms with Crippen molar-refractivity contribution >= 4 is 28.5 Å². The second-order valence-electron chi connectivity index (χ2n) is 4.64. The summed E-state index contributed by atoms with van der Waals surface area (Å²) in [6, 6.07) is -1.46. The average Bonchev–Trinajstić information content (AvgIpc) is 3.01. The number of carbonyl (C=O) groups excluding carboxylic acids is 1. The number of aliphatic carboxylic acids is 1. The Morgan fingerprint density at radius 3 is 2.62 bits per heavy atom. The minimum absolute atomic E-state index is 0.000152. The van der Waals surface area contributed by atoms with Crippen LogP contribution in [0.3, 0.4) is 0 Å². The zero-order valence-electron chi connectivity index (χ0n) is 11.4. The highest BCUT2D eigenvalue weighted by Crippen LogP contribution is 2.18. The molecule has 0 radical (unpaired) electrons. The van der Waals surface area contributed by atoms with Crippen LogP contribution in [0.1, 0.15) is 6.42 Å². The van der Waals surface area contributed by atoms with Gasteiger partial charge < -0.3 is 25.3 Å². The maximum absolute atomic E-state index is 12.0. The number of hydrogen-bond acceptors (Lipinski definition) is 6. The van der Waals surface area contributed by atoms with Crippen LogP contribution in [-0.2, 0) is 4.79 Å². The molecule has 1 saturated heterocycles. The van der Waals surface area contributed by atoms with Crippen LogP contribution in [0, 0.1) is 0 Å². The van der Waals surface area contributed by atoms with Crippen molar-refractivity contribution in [2.75, 3.05) is 37.7 Å². The molecule has 1 aromatic heterocycles. The van der Waals surface area contributed by atoms with Crippen molar-refractivity contribution in [3.63, 3.8) is 0 Å². The van der Waals surface area contributed by atoms with Gasteiger partial charge in [-0.05, 0) is 0 Å². The van der Waals surface area contributed by atoms with E-state index in [0.29, 0.717) is 26.2 Å². The van der Waals surface area contributed by atoms with Gasteiger partial charge in [-0.3, -0.25) is 0 Å². The van der Waals surface area contributed by atoms with E-state index in [2.05, 4.69) is 15.2 Å². The van der Waals surface area contributed by atoms with E-state index in [4.69, 9.17) is 10.2 Å². The first-order valence-electron chi connectivity index (χ1n) is 6.65. The minimum atomic E-state index is -1.14. The number of aliphatic hydroxyl groups is 1. The van der Waals surface area contributed by atoms with Crippen LogP contribution in [0.5, 0.6) is 0 Å². The number of amides is 2. The molecule has 0 spiro atoms. The predicted molar refractivity (Wildman–Crippen MR) is 77.6 cm³/mol. The van der Waals surface area contributed by atoms with E-state index >= 15 is 0 Å². The molecule has 1 aliphatic heterocycles. The molecule has 2 amide bonds. The summed E-state index contributed by atoms with van der Waals surface area (Å²) in [4.78, 5) is 30.9. The second-order valence-corrected chi connectivity index (χ2v) is 5.51. The molecule has 8 nitrogen and oxygen atoms in total. The highest BCUT2D eigenvalue weighted by atomic mass is 32.1. The standard InChI is InChI=1S/C12H18N4O4S/c17-7-1-9(10(18)19)14-11(20)15-3-5-16(6-4-15)12-13-2-8-21-12/h2,8-9,17H,1,3-7H2,(H,14,20)(H,18,19)/t9-/m0/s1. The van der Waals surface area contributed by atoms with E-state index in [1.807, 2.05) is 5.38 Å². The summed E-state index contributed by atoms with van der Waals surface area (Å²) in [6.07, 6.45) is 1.74. The molecule has 21 heavy (non-hydrogen) atoms. The van der Waals surface area contributed by atoms with Crippen molar-refractivity contribution in [2.45, 2.75) is 12.5 Å². The van der Waals surface area contributed by atoms with Gasteiger partial charge in [0.2, 0.25) is 0 Å². The van der Waals surface area contributed by atoms with Gasteiger partial charge in [0.05, 0.1) is 0 Å². The molecule has 1 aliphatic rings. The highest BCUT2D eigenvalue weighted by Gasteiger charge is 2.26. The number of aromatic nitrogens is 1. The Hall–Kier alpha value is -1.87. The molecule has 0 aromatic carbocycles. The van der Waals surface area contributed by atoms with E-state index in [1.165, 1.54) is 0 Å². The van der Waals surface area contributed by atoms with Gasteiger partial charge in [0.1, 0.15) is 6.04 Å². The molecule has 2 rings (SSSR count). The number of urea groups is 1. The van der Waals surface area contributed by atoms with Gasteiger partial charge in [-0.1, -0.05) is 0 Å². The molecule has 0 saturated carbocycles. The first-order chi connectivity index (χ1) is 10.1. The number of rotatable bonds is 5. The zero-order valence-corrected chi connectivity index (χ0v) is 12.3. The molecule has 116 valence electrons. The van der Waals surface area contributed by atoms with Gasteiger partial charge in [0, 0.05) is 50.8 Å². The van der Waals surface area contributed by atoms with Crippen LogP contribution in [0.4, 0.5) is 9.93 Å². The van der Waals surface area contributed by atoms with Gasteiger partial charge in [-0.15, -0.1) is 11.3 Å². The Labute approximate surface area is 126 Å². The highest BCUT2D eigenvalue weighted by molar-refractivity contribution is 7.13. The van der Waals surface area contributed by atoms with Crippen molar-refractivity contribution in [1.82, 2.24) is 15.2 Å². The van der Waals surface area contributed by atoms with Crippen molar-refractivity contribution in [2.24, 2.45) is 0 Å². The molecular weight excluding hydrogens is 296 g/mol. The maximum Gasteiger partial charge on any atom is 0.326 e. The number of piperazine rings is 1. The molecule has 3 N–H and O–H groups in total. The molecule has 1 atom stereocenters. The van der Waals surface area contributed by atoms with Crippen LogP contribution >= 0.6 is 11.3 Å². The lowest BCUT2D eigenvalue weighted by Crippen LogP contribution is -2.54. The SMILES string of the molecule is O=C(O)[C@H](CCO)NC(=O)N1CCN(c2nccs2)CC1. The van der Waals surface area contributed by atoms with Crippen molar-refractivity contribution in [3.8, 4) is 0 Å². The third-order valence-electron chi connectivity index (χ3n) is 3.27. The number of hydrogen-bond donors (Lipinski definition) is 3. The topological polar surface area (TPSA) is 106 Å². The number of nitrogens with zero attached hydrogens (tertiary/aromatic N) is 3. The summed E-state index contributed by atoms with van der Waals surface area (Å²) >= 11 is 1.55. The molecule has 2 heterocycles. The predicted octanol–water partition coefficient (Wildman–Crippen LogP) is -0.190. The molecule has 1 fully saturated rings. The van der Waals surface area contributed by atoms with E-state index in [9.17, 15) is 9.59 Å². The fourth-order valence-electron chi connectivity index (χ4n) is 2.10. The fourth-order valence-corrected chi connectivity index (χ4v) is 2.80. The molecular formula is C12H18N4O4S. The monoisotopic (exact) mass is 314 g/mol. The van der Waals surface area contributed by atoms with Gasteiger partial charge in [-0.25, -0.2) is 14.6 Å².